The Labute approximate surface area is 167 Å². The molecule has 1 saturated heterocycles. The van der Waals surface area contributed by atoms with Crippen molar-refractivity contribution in [3.05, 3.63) is 46.0 Å². The Hall–Kier alpha value is -2.45. The van der Waals surface area contributed by atoms with Crippen LogP contribution in [0.4, 0.5) is 10.1 Å². The molecular weight excluding hydrogens is 387 g/mol. The number of methoxy groups -OCH3 is 1. The maximum absolute atomic E-state index is 14.4. The monoisotopic (exact) mass is 408 g/mol. The summed E-state index contributed by atoms with van der Waals surface area (Å²) < 4.78 is 20.7. The van der Waals surface area contributed by atoms with Crippen LogP contribution in [-0.4, -0.2) is 59.7 Å². The molecule has 28 heavy (non-hydrogen) atoms. The molecule has 2 aromatic rings. The number of carbonyl (C=O) groups is 2. The van der Waals surface area contributed by atoms with E-state index in [0.717, 1.165) is 0 Å². The van der Waals surface area contributed by atoms with Crippen LogP contribution < -0.4 is 4.90 Å². The summed E-state index contributed by atoms with van der Waals surface area (Å²) in [6.45, 7) is 6.34. The van der Waals surface area contributed by atoms with Gasteiger partial charge in [-0.3, -0.25) is 14.4 Å². The Morgan fingerprint density at radius 1 is 1.25 bits per heavy atom. The lowest BCUT2D eigenvalue weighted by Gasteiger charge is -2.36. The lowest BCUT2D eigenvalue weighted by molar-refractivity contribution is 0.0592. The normalized spacial score (nSPS) is 15.0. The molecule has 1 aromatic heterocycles. The van der Waals surface area contributed by atoms with Gasteiger partial charge in [0.25, 0.3) is 0 Å². The fourth-order valence-corrected chi connectivity index (χ4v) is 3.40. The van der Waals surface area contributed by atoms with Gasteiger partial charge in [0, 0.05) is 31.7 Å². The van der Waals surface area contributed by atoms with Gasteiger partial charge in [0.05, 0.1) is 30.2 Å². The molecule has 0 bridgehead atoms. The van der Waals surface area contributed by atoms with Crippen molar-refractivity contribution in [3.8, 4) is 0 Å². The van der Waals surface area contributed by atoms with E-state index in [2.05, 4.69) is 10.00 Å². The number of carbonyl (C=O) groups excluding carboxylic acids is 2. The molecule has 7 nitrogen and oxygen atoms in total. The molecule has 1 aliphatic heterocycles. The molecule has 0 saturated carbocycles. The molecular formula is C19H22ClFN4O3. The predicted molar refractivity (Wildman–Crippen MR) is 104 cm³/mol. The molecule has 2 heterocycles. The standard InChI is InChI=1S/C19H22ClFN4O3/c1-12-17(20)18(19(27)28-3)22-25(12)11-23-6-8-24(9-7-23)16-5-4-14(13(2)26)10-15(16)21/h4-5,10H,6-9,11H2,1-3H3. The Balaban J connectivity index is 1.65. The van der Waals surface area contributed by atoms with E-state index in [4.69, 9.17) is 16.3 Å². The predicted octanol–water partition coefficient (Wildman–Crippen LogP) is 2.75. The molecule has 1 aromatic carbocycles. The maximum atomic E-state index is 14.4. The number of Topliss-reactive ketones (excluding diaryl/α,β-unsaturated/α-hetero) is 1. The molecule has 0 N–H and O–H groups in total. The van der Waals surface area contributed by atoms with Crippen molar-refractivity contribution in [2.24, 2.45) is 0 Å². The summed E-state index contributed by atoms with van der Waals surface area (Å²) in [4.78, 5) is 27.2. The van der Waals surface area contributed by atoms with Crippen LogP contribution in [0.5, 0.6) is 0 Å². The maximum Gasteiger partial charge on any atom is 0.360 e. The van der Waals surface area contributed by atoms with Gasteiger partial charge < -0.3 is 9.64 Å². The third-order valence-electron chi connectivity index (χ3n) is 4.91. The lowest BCUT2D eigenvalue weighted by Crippen LogP contribution is -2.47. The average molecular weight is 409 g/mol. The first-order valence-electron chi connectivity index (χ1n) is 8.90. The van der Waals surface area contributed by atoms with E-state index < -0.39 is 11.8 Å². The van der Waals surface area contributed by atoms with Crippen LogP contribution in [0.2, 0.25) is 5.02 Å². The molecule has 0 spiro atoms. The molecule has 0 atom stereocenters. The molecule has 9 heteroatoms. The number of nitrogens with zero attached hydrogens (tertiary/aromatic N) is 4. The fraction of sp³-hybridized carbons (Fsp3) is 0.421. The van der Waals surface area contributed by atoms with Crippen LogP contribution in [0.15, 0.2) is 18.2 Å². The molecule has 3 rings (SSSR count). The number of esters is 1. The SMILES string of the molecule is COC(=O)c1nn(CN2CCN(c3ccc(C(C)=O)cc3F)CC2)c(C)c1Cl. The van der Waals surface area contributed by atoms with Gasteiger partial charge in [-0.15, -0.1) is 0 Å². The summed E-state index contributed by atoms with van der Waals surface area (Å²) in [5, 5.41) is 4.54. The number of benzene rings is 1. The van der Waals surface area contributed by atoms with Crippen LogP contribution in [-0.2, 0) is 11.4 Å². The first kappa shape index (κ1) is 20.3. The second-order valence-electron chi connectivity index (χ2n) is 6.71. The van der Waals surface area contributed by atoms with E-state index in [1.807, 2.05) is 4.90 Å². The third kappa shape index (κ3) is 4.02. The second kappa shape index (κ2) is 8.28. The number of hydrogen-bond acceptors (Lipinski definition) is 6. The molecule has 1 fully saturated rings. The number of halogens is 2. The fourth-order valence-electron chi connectivity index (χ4n) is 3.19. The van der Waals surface area contributed by atoms with Crippen LogP contribution in [0.1, 0.15) is 33.5 Å². The molecule has 1 aliphatic rings. The summed E-state index contributed by atoms with van der Waals surface area (Å²) in [5.74, 6) is -1.12. The summed E-state index contributed by atoms with van der Waals surface area (Å²) >= 11 is 6.18. The van der Waals surface area contributed by atoms with Gasteiger partial charge >= 0.3 is 5.97 Å². The number of aromatic nitrogens is 2. The van der Waals surface area contributed by atoms with Gasteiger partial charge in [0.2, 0.25) is 0 Å². The van der Waals surface area contributed by atoms with Crippen LogP contribution in [0, 0.1) is 12.7 Å². The average Bonchev–Trinajstić information content (AvgIpc) is 2.96. The Kier molecular flexibility index (Phi) is 6.00. The van der Waals surface area contributed by atoms with Gasteiger partial charge in [-0.2, -0.15) is 5.10 Å². The molecule has 0 aliphatic carbocycles. The van der Waals surface area contributed by atoms with Crippen molar-refractivity contribution < 1.29 is 18.7 Å². The van der Waals surface area contributed by atoms with Crippen LogP contribution in [0.3, 0.4) is 0 Å². The number of hydrogen-bond donors (Lipinski definition) is 0. The highest BCUT2D eigenvalue weighted by atomic mass is 35.5. The van der Waals surface area contributed by atoms with Crippen molar-refractivity contribution in [3.63, 3.8) is 0 Å². The minimum absolute atomic E-state index is 0.105. The van der Waals surface area contributed by atoms with Crippen molar-refractivity contribution in [1.29, 1.82) is 0 Å². The van der Waals surface area contributed by atoms with Gasteiger partial charge in [-0.25, -0.2) is 9.18 Å². The number of rotatable bonds is 5. The van der Waals surface area contributed by atoms with Gasteiger partial charge in [-0.05, 0) is 32.0 Å². The summed E-state index contributed by atoms with van der Waals surface area (Å²) in [5.41, 5.74) is 1.66. The Morgan fingerprint density at radius 3 is 2.50 bits per heavy atom. The minimum Gasteiger partial charge on any atom is -0.464 e. The minimum atomic E-state index is -0.568. The largest absolute Gasteiger partial charge is 0.464 e. The number of anilines is 1. The zero-order valence-electron chi connectivity index (χ0n) is 16.0. The van der Waals surface area contributed by atoms with Gasteiger partial charge in [0.15, 0.2) is 11.5 Å². The Morgan fingerprint density at radius 2 is 1.93 bits per heavy atom. The summed E-state index contributed by atoms with van der Waals surface area (Å²) in [7, 11) is 1.29. The lowest BCUT2D eigenvalue weighted by atomic mass is 10.1. The van der Waals surface area contributed by atoms with E-state index in [1.165, 1.54) is 20.1 Å². The van der Waals surface area contributed by atoms with Crippen molar-refractivity contribution >= 4 is 29.0 Å². The molecule has 0 unspecified atom stereocenters. The Bertz CT molecular complexity index is 907. The number of piperazine rings is 1. The summed E-state index contributed by atoms with van der Waals surface area (Å²) in [6, 6.07) is 4.59. The van der Waals surface area contributed by atoms with Crippen LogP contribution >= 0.6 is 11.6 Å². The van der Waals surface area contributed by atoms with Crippen molar-refractivity contribution in [2.75, 3.05) is 38.2 Å². The zero-order chi connectivity index (χ0) is 20.4. The third-order valence-corrected chi connectivity index (χ3v) is 5.37. The van der Waals surface area contributed by atoms with Crippen molar-refractivity contribution in [2.45, 2.75) is 20.5 Å². The summed E-state index contributed by atoms with van der Waals surface area (Å²) in [6.07, 6.45) is 0. The number of ether oxygens (including phenoxy) is 1. The second-order valence-corrected chi connectivity index (χ2v) is 7.09. The van der Waals surface area contributed by atoms with E-state index >= 15 is 0 Å². The molecule has 0 radical (unpaired) electrons. The van der Waals surface area contributed by atoms with Crippen molar-refractivity contribution in [1.82, 2.24) is 14.7 Å². The highest BCUT2D eigenvalue weighted by Gasteiger charge is 2.24. The number of ketones is 1. The molecule has 0 amide bonds. The smallest absolute Gasteiger partial charge is 0.360 e. The van der Waals surface area contributed by atoms with Gasteiger partial charge in [-0.1, -0.05) is 11.6 Å². The highest BCUT2D eigenvalue weighted by Crippen LogP contribution is 2.24. The first-order valence-corrected chi connectivity index (χ1v) is 9.28. The van der Waals surface area contributed by atoms with E-state index in [-0.39, 0.29) is 16.5 Å². The van der Waals surface area contributed by atoms with Gasteiger partial charge in [0.1, 0.15) is 5.82 Å². The van der Waals surface area contributed by atoms with E-state index in [9.17, 15) is 14.0 Å². The first-order chi connectivity index (χ1) is 13.3. The van der Waals surface area contributed by atoms with E-state index in [0.29, 0.717) is 49.8 Å². The zero-order valence-corrected chi connectivity index (χ0v) is 16.8. The topological polar surface area (TPSA) is 67.7 Å². The van der Waals surface area contributed by atoms with Crippen LogP contribution in [0.25, 0.3) is 0 Å². The highest BCUT2D eigenvalue weighted by molar-refractivity contribution is 6.33. The quantitative estimate of drug-likeness (QED) is 0.559. The molecule has 150 valence electrons. The van der Waals surface area contributed by atoms with E-state index in [1.54, 1.807) is 23.7 Å².